The molecule has 0 aliphatic carbocycles. The molecule has 0 aliphatic heterocycles. The maximum atomic E-state index is 4.73. The molecule has 0 amide bonds. The Kier molecular flexibility index (Phi) is 3.52. The first-order valence-electron chi connectivity index (χ1n) is 7.13. The predicted molar refractivity (Wildman–Crippen MR) is 86.4 cm³/mol. The minimum Gasteiger partial charge on any atom is -0.373 e. The van der Waals surface area contributed by atoms with E-state index < -0.39 is 0 Å². The van der Waals surface area contributed by atoms with Gasteiger partial charge in [0.15, 0.2) is 0 Å². The van der Waals surface area contributed by atoms with Crippen molar-refractivity contribution < 1.29 is 0 Å². The second-order valence-electron chi connectivity index (χ2n) is 4.97. The van der Waals surface area contributed by atoms with E-state index >= 15 is 0 Å². The molecule has 106 valence electrons. The van der Waals surface area contributed by atoms with Gasteiger partial charge in [-0.15, -0.1) is 0 Å². The van der Waals surface area contributed by atoms with Crippen LogP contribution in [-0.2, 0) is 6.42 Å². The third-order valence-electron chi connectivity index (χ3n) is 3.67. The largest absolute Gasteiger partial charge is 0.373 e. The summed E-state index contributed by atoms with van der Waals surface area (Å²) in [6.07, 6.45) is 4.58. The molecular formula is C17H18N4. The Morgan fingerprint density at radius 1 is 1.10 bits per heavy atom. The number of aromatic nitrogens is 3. The minimum absolute atomic E-state index is 0.806. The fourth-order valence-electron chi connectivity index (χ4n) is 2.53. The van der Waals surface area contributed by atoms with Crippen LogP contribution in [0.4, 0.5) is 5.82 Å². The number of nitrogens with zero attached hydrogens (tertiary/aromatic N) is 3. The van der Waals surface area contributed by atoms with Gasteiger partial charge in [-0.05, 0) is 12.3 Å². The lowest BCUT2D eigenvalue weighted by molar-refractivity contribution is 0.936. The summed E-state index contributed by atoms with van der Waals surface area (Å²) in [6.45, 7) is 4.11. The number of nitrogens with one attached hydrogen (secondary N) is 1. The molecule has 2 aromatic heterocycles. The van der Waals surface area contributed by atoms with E-state index in [2.05, 4.69) is 34.3 Å². The van der Waals surface area contributed by atoms with Gasteiger partial charge in [-0.3, -0.25) is 4.98 Å². The molecule has 4 heteroatoms. The highest BCUT2D eigenvalue weighted by Gasteiger charge is 2.13. The summed E-state index contributed by atoms with van der Waals surface area (Å²) in [5, 5.41) is 5.44. The first kappa shape index (κ1) is 13.5. The van der Waals surface area contributed by atoms with Crippen LogP contribution in [0.3, 0.4) is 0 Å². The van der Waals surface area contributed by atoms with Crippen LogP contribution in [0.1, 0.15) is 18.3 Å². The van der Waals surface area contributed by atoms with E-state index in [4.69, 9.17) is 4.98 Å². The van der Waals surface area contributed by atoms with Gasteiger partial charge in [0.05, 0.1) is 5.69 Å². The van der Waals surface area contributed by atoms with E-state index in [1.165, 1.54) is 5.39 Å². The summed E-state index contributed by atoms with van der Waals surface area (Å²) in [5.74, 6) is 1.72. The summed E-state index contributed by atoms with van der Waals surface area (Å²) >= 11 is 0. The highest BCUT2D eigenvalue weighted by atomic mass is 15.0. The van der Waals surface area contributed by atoms with Crippen LogP contribution in [0.25, 0.3) is 22.0 Å². The zero-order chi connectivity index (χ0) is 14.8. The molecule has 1 N–H and O–H groups in total. The van der Waals surface area contributed by atoms with Crippen LogP contribution in [0.15, 0.2) is 36.7 Å². The Labute approximate surface area is 124 Å². The van der Waals surface area contributed by atoms with Crippen molar-refractivity contribution in [1.29, 1.82) is 0 Å². The average Bonchev–Trinajstić information content (AvgIpc) is 2.54. The van der Waals surface area contributed by atoms with E-state index in [0.717, 1.165) is 40.3 Å². The minimum atomic E-state index is 0.806. The van der Waals surface area contributed by atoms with Crippen molar-refractivity contribution in [2.75, 3.05) is 12.4 Å². The van der Waals surface area contributed by atoms with E-state index in [1.54, 1.807) is 0 Å². The van der Waals surface area contributed by atoms with Gasteiger partial charge < -0.3 is 5.32 Å². The Bertz CT molecular complexity index is 791. The second-order valence-corrected chi connectivity index (χ2v) is 4.97. The summed E-state index contributed by atoms with van der Waals surface area (Å²) in [4.78, 5) is 13.6. The molecule has 2 heterocycles. The molecule has 0 aliphatic rings. The first-order valence-corrected chi connectivity index (χ1v) is 7.13. The predicted octanol–water partition coefficient (Wildman–Crippen LogP) is 3.60. The van der Waals surface area contributed by atoms with Crippen molar-refractivity contribution in [2.24, 2.45) is 0 Å². The number of anilines is 1. The number of benzene rings is 1. The van der Waals surface area contributed by atoms with Crippen molar-refractivity contribution in [3.05, 3.63) is 48.0 Å². The Balaban J connectivity index is 2.32. The standard InChI is InChI=1S/C17H18N4/c1-4-15-20-16(11(2)17(18-3)21-15)14-10-19-9-12-7-5-6-8-13(12)14/h5-10H,4H2,1-3H3,(H,18,20,21). The van der Waals surface area contributed by atoms with Gasteiger partial charge in [0.25, 0.3) is 0 Å². The molecule has 4 nitrogen and oxygen atoms in total. The second kappa shape index (κ2) is 5.48. The zero-order valence-electron chi connectivity index (χ0n) is 12.5. The Morgan fingerprint density at radius 2 is 1.90 bits per heavy atom. The molecule has 0 bridgehead atoms. The van der Waals surface area contributed by atoms with Gasteiger partial charge in [0, 0.05) is 42.4 Å². The number of rotatable bonds is 3. The lowest BCUT2D eigenvalue weighted by Gasteiger charge is -2.13. The summed E-state index contributed by atoms with van der Waals surface area (Å²) in [6, 6.07) is 8.25. The molecular weight excluding hydrogens is 260 g/mol. The van der Waals surface area contributed by atoms with Crippen molar-refractivity contribution in [1.82, 2.24) is 15.0 Å². The lowest BCUT2D eigenvalue weighted by Crippen LogP contribution is -2.05. The van der Waals surface area contributed by atoms with Crippen LogP contribution in [0.2, 0.25) is 0 Å². The van der Waals surface area contributed by atoms with E-state index in [0.29, 0.717) is 0 Å². The van der Waals surface area contributed by atoms with Crippen molar-refractivity contribution in [3.8, 4) is 11.3 Å². The number of fused-ring (bicyclic) bond motifs is 1. The maximum absolute atomic E-state index is 4.73. The fraction of sp³-hybridized carbons (Fsp3) is 0.235. The summed E-state index contributed by atoms with van der Waals surface area (Å²) in [7, 11) is 1.89. The molecule has 0 saturated heterocycles. The Hall–Kier alpha value is -2.49. The molecule has 0 radical (unpaired) electrons. The molecule has 0 saturated carbocycles. The van der Waals surface area contributed by atoms with Crippen molar-refractivity contribution in [3.63, 3.8) is 0 Å². The van der Waals surface area contributed by atoms with Crippen LogP contribution in [0.5, 0.6) is 0 Å². The highest BCUT2D eigenvalue weighted by Crippen LogP contribution is 2.30. The van der Waals surface area contributed by atoms with Gasteiger partial charge in [0.2, 0.25) is 0 Å². The van der Waals surface area contributed by atoms with Gasteiger partial charge in [-0.1, -0.05) is 31.2 Å². The number of aryl methyl sites for hydroxylation is 1. The van der Waals surface area contributed by atoms with Gasteiger partial charge >= 0.3 is 0 Å². The molecule has 0 unspecified atom stereocenters. The van der Waals surface area contributed by atoms with Gasteiger partial charge in [-0.25, -0.2) is 9.97 Å². The summed E-state index contributed by atoms with van der Waals surface area (Å²) < 4.78 is 0. The molecule has 0 spiro atoms. The smallest absolute Gasteiger partial charge is 0.133 e. The quantitative estimate of drug-likeness (QED) is 0.795. The van der Waals surface area contributed by atoms with Gasteiger partial charge in [0.1, 0.15) is 11.6 Å². The zero-order valence-corrected chi connectivity index (χ0v) is 12.5. The average molecular weight is 278 g/mol. The van der Waals surface area contributed by atoms with Gasteiger partial charge in [-0.2, -0.15) is 0 Å². The highest BCUT2D eigenvalue weighted by molar-refractivity contribution is 5.95. The van der Waals surface area contributed by atoms with Crippen LogP contribution in [0, 0.1) is 6.92 Å². The third-order valence-corrected chi connectivity index (χ3v) is 3.67. The number of pyridine rings is 1. The molecule has 1 aromatic carbocycles. The van der Waals surface area contributed by atoms with E-state index in [1.807, 2.05) is 38.5 Å². The molecule has 0 atom stereocenters. The first-order chi connectivity index (χ1) is 10.2. The van der Waals surface area contributed by atoms with Crippen molar-refractivity contribution in [2.45, 2.75) is 20.3 Å². The number of hydrogen-bond acceptors (Lipinski definition) is 4. The monoisotopic (exact) mass is 278 g/mol. The van der Waals surface area contributed by atoms with Crippen LogP contribution in [-0.4, -0.2) is 22.0 Å². The van der Waals surface area contributed by atoms with Crippen LogP contribution >= 0.6 is 0 Å². The number of hydrogen-bond donors (Lipinski definition) is 1. The topological polar surface area (TPSA) is 50.7 Å². The molecule has 3 rings (SSSR count). The third kappa shape index (κ3) is 2.33. The van der Waals surface area contributed by atoms with Crippen molar-refractivity contribution >= 4 is 16.6 Å². The molecule has 3 aromatic rings. The lowest BCUT2D eigenvalue weighted by atomic mass is 10.0. The fourth-order valence-corrected chi connectivity index (χ4v) is 2.53. The normalized spacial score (nSPS) is 10.8. The molecule has 21 heavy (non-hydrogen) atoms. The summed E-state index contributed by atoms with van der Waals surface area (Å²) in [5.41, 5.74) is 3.06. The Morgan fingerprint density at radius 3 is 2.67 bits per heavy atom. The SMILES string of the molecule is CCc1nc(NC)c(C)c(-c2cncc3ccccc23)n1. The van der Waals surface area contributed by atoms with E-state index in [9.17, 15) is 0 Å². The maximum Gasteiger partial charge on any atom is 0.133 e. The van der Waals surface area contributed by atoms with Crippen LogP contribution < -0.4 is 5.32 Å². The van der Waals surface area contributed by atoms with E-state index in [-0.39, 0.29) is 0 Å². The molecule has 0 fully saturated rings.